The van der Waals surface area contributed by atoms with Crippen LogP contribution in [0.2, 0.25) is 0 Å². The molecule has 3 N–H and O–H groups in total. The van der Waals surface area contributed by atoms with E-state index in [-0.39, 0.29) is 4.90 Å². The van der Waals surface area contributed by atoms with Crippen LogP contribution in [0.1, 0.15) is 11.5 Å². The number of anilines is 2. The Labute approximate surface area is 123 Å². The fourth-order valence-electron chi connectivity index (χ4n) is 1.76. The first kappa shape index (κ1) is 15.3. The molecule has 0 aliphatic rings. The zero-order valence-electron chi connectivity index (χ0n) is 12.1. The molecule has 0 fully saturated rings. The van der Waals surface area contributed by atoms with E-state index in [9.17, 15) is 8.42 Å². The zero-order valence-corrected chi connectivity index (χ0v) is 12.9. The van der Waals surface area contributed by atoms with Gasteiger partial charge in [0.25, 0.3) is 0 Å². The minimum absolute atomic E-state index is 0.160. The molecule has 114 valence electrons. The lowest BCUT2D eigenvalue weighted by molar-refractivity contribution is 0.391. The van der Waals surface area contributed by atoms with Gasteiger partial charge in [-0.15, -0.1) is 0 Å². The van der Waals surface area contributed by atoms with Crippen LogP contribution in [0.3, 0.4) is 0 Å². The van der Waals surface area contributed by atoms with E-state index < -0.39 is 10.0 Å². The molecule has 0 saturated heterocycles. The summed E-state index contributed by atoms with van der Waals surface area (Å²) in [5.41, 5.74) is 7.65. The first-order chi connectivity index (χ1) is 9.80. The number of aromatic nitrogens is 1. The van der Waals surface area contributed by atoms with Crippen LogP contribution in [0.5, 0.6) is 0 Å². The van der Waals surface area contributed by atoms with Gasteiger partial charge in [-0.05, 0) is 25.1 Å². The molecule has 8 heteroatoms. The summed E-state index contributed by atoms with van der Waals surface area (Å²) >= 11 is 0. The standard InChI is InChI=1S/C13H18N4O3S/c1-9-6-10(16-20-9)8-15-13-5-4-11(7-12(13)14)21(18,19)17(2)3/h4-7,15H,8,14H2,1-3H3. The molecule has 0 atom stereocenters. The van der Waals surface area contributed by atoms with Crippen molar-refractivity contribution in [3.63, 3.8) is 0 Å². The van der Waals surface area contributed by atoms with Crippen LogP contribution in [0.15, 0.2) is 33.7 Å². The maximum absolute atomic E-state index is 12.0. The SMILES string of the molecule is Cc1cc(CNc2ccc(S(=O)(=O)N(C)C)cc2N)no1. The van der Waals surface area contributed by atoms with Crippen molar-refractivity contribution in [2.45, 2.75) is 18.4 Å². The summed E-state index contributed by atoms with van der Waals surface area (Å²) in [5, 5.41) is 6.95. The molecule has 0 radical (unpaired) electrons. The van der Waals surface area contributed by atoms with Gasteiger partial charge in [0.2, 0.25) is 10.0 Å². The van der Waals surface area contributed by atoms with E-state index in [1.165, 1.54) is 26.2 Å². The molecule has 7 nitrogen and oxygen atoms in total. The van der Waals surface area contributed by atoms with Crippen molar-refractivity contribution in [1.29, 1.82) is 0 Å². The van der Waals surface area contributed by atoms with Gasteiger partial charge in [0.05, 0.1) is 22.8 Å². The highest BCUT2D eigenvalue weighted by atomic mass is 32.2. The predicted octanol–water partition coefficient (Wildman–Crippen LogP) is 1.43. The number of hydrogen-bond acceptors (Lipinski definition) is 6. The number of nitrogens with two attached hydrogens (primary N) is 1. The first-order valence-corrected chi connectivity index (χ1v) is 7.73. The summed E-state index contributed by atoms with van der Waals surface area (Å²) < 4.78 is 30.1. The molecule has 1 aromatic heterocycles. The number of aryl methyl sites for hydroxylation is 1. The third kappa shape index (κ3) is 3.34. The van der Waals surface area contributed by atoms with Crippen LogP contribution >= 0.6 is 0 Å². The van der Waals surface area contributed by atoms with Gasteiger partial charge < -0.3 is 15.6 Å². The first-order valence-electron chi connectivity index (χ1n) is 6.29. The van der Waals surface area contributed by atoms with Crippen molar-refractivity contribution in [3.05, 3.63) is 35.7 Å². The van der Waals surface area contributed by atoms with E-state index in [1.807, 2.05) is 13.0 Å². The topological polar surface area (TPSA) is 101 Å². The quantitative estimate of drug-likeness (QED) is 0.810. The van der Waals surface area contributed by atoms with Gasteiger partial charge in [0.1, 0.15) is 11.5 Å². The van der Waals surface area contributed by atoms with Crippen molar-refractivity contribution in [1.82, 2.24) is 9.46 Å². The smallest absolute Gasteiger partial charge is 0.242 e. The second kappa shape index (κ2) is 5.74. The molecule has 0 saturated carbocycles. The van der Waals surface area contributed by atoms with Crippen molar-refractivity contribution in [3.8, 4) is 0 Å². The molecule has 0 unspecified atom stereocenters. The fourth-order valence-corrected chi connectivity index (χ4v) is 2.70. The number of sulfonamides is 1. The average Bonchev–Trinajstić information content (AvgIpc) is 2.82. The summed E-state index contributed by atoms with van der Waals surface area (Å²) in [6.45, 7) is 2.26. The highest BCUT2D eigenvalue weighted by Gasteiger charge is 2.18. The van der Waals surface area contributed by atoms with Crippen molar-refractivity contribution >= 4 is 21.4 Å². The van der Waals surface area contributed by atoms with E-state index in [0.717, 1.165) is 15.8 Å². The Hall–Kier alpha value is -2.06. The molecule has 0 amide bonds. The Balaban J connectivity index is 2.16. The third-order valence-electron chi connectivity index (χ3n) is 2.94. The number of benzene rings is 1. The molecular formula is C13H18N4O3S. The van der Waals surface area contributed by atoms with Gasteiger partial charge in [0.15, 0.2) is 0 Å². The van der Waals surface area contributed by atoms with Gasteiger partial charge in [-0.25, -0.2) is 12.7 Å². The van der Waals surface area contributed by atoms with Crippen LogP contribution in [0, 0.1) is 6.92 Å². The van der Waals surface area contributed by atoms with Crippen LogP contribution in [0.4, 0.5) is 11.4 Å². The second-order valence-corrected chi connectivity index (χ2v) is 6.97. The molecule has 0 aliphatic carbocycles. The maximum atomic E-state index is 12.0. The van der Waals surface area contributed by atoms with Gasteiger partial charge in [-0.1, -0.05) is 5.16 Å². The van der Waals surface area contributed by atoms with E-state index in [1.54, 1.807) is 6.07 Å². The van der Waals surface area contributed by atoms with Crippen LogP contribution in [-0.4, -0.2) is 32.0 Å². The lowest BCUT2D eigenvalue weighted by Crippen LogP contribution is -2.22. The Morgan fingerprint density at radius 3 is 2.57 bits per heavy atom. The average molecular weight is 310 g/mol. The minimum atomic E-state index is -3.48. The lowest BCUT2D eigenvalue weighted by Gasteiger charge is -2.14. The number of nitrogens with zero attached hydrogens (tertiary/aromatic N) is 2. The Morgan fingerprint density at radius 2 is 2.05 bits per heavy atom. The minimum Gasteiger partial charge on any atom is -0.397 e. The molecular weight excluding hydrogens is 292 g/mol. The van der Waals surface area contributed by atoms with Crippen LogP contribution in [0.25, 0.3) is 0 Å². The summed E-state index contributed by atoms with van der Waals surface area (Å²) in [6.07, 6.45) is 0. The van der Waals surface area contributed by atoms with Crippen LogP contribution in [-0.2, 0) is 16.6 Å². The monoisotopic (exact) mass is 310 g/mol. The number of nitrogens with one attached hydrogen (secondary N) is 1. The van der Waals surface area contributed by atoms with Gasteiger partial charge in [-0.2, -0.15) is 0 Å². The van der Waals surface area contributed by atoms with Gasteiger partial charge in [-0.3, -0.25) is 0 Å². The molecule has 0 spiro atoms. The maximum Gasteiger partial charge on any atom is 0.242 e. The third-order valence-corrected chi connectivity index (χ3v) is 4.75. The van der Waals surface area contributed by atoms with Gasteiger partial charge in [0, 0.05) is 20.2 Å². The van der Waals surface area contributed by atoms with Crippen molar-refractivity contribution in [2.75, 3.05) is 25.1 Å². The highest BCUT2D eigenvalue weighted by Crippen LogP contribution is 2.24. The van der Waals surface area contributed by atoms with Crippen molar-refractivity contribution in [2.24, 2.45) is 0 Å². The lowest BCUT2D eigenvalue weighted by atomic mass is 10.2. The van der Waals surface area contributed by atoms with E-state index in [4.69, 9.17) is 10.3 Å². The summed E-state index contributed by atoms with van der Waals surface area (Å²) in [7, 11) is -0.528. The molecule has 2 aromatic rings. The summed E-state index contributed by atoms with van der Waals surface area (Å²) in [6, 6.07) is 6.40. The second-order valence-electron chi connectivity index (χ2n) is 4.82. The molecule has 2 rings (SSSR count). The number of hydrogen-bond donors (Lipinski definition) is 2. The number of nitrogen functional groups attached to an aromatic ring is 1. The molecule has 1 heterocycles. The molecule has 0 aliphatic heterocycles. The van der Waals surface area contributed by atoms with E-state index in [2.05, 4.69) is 10.5 Å². The van der Waals surface area contributed by atoms with Gasteiger partial charge >= 0.3 is 0 Å². The summed E-state index contributed by atoms with van der Waals surface area (Å²) in [4.78, 5) is 0.160. The van der Waals surface area contributed by atoms with E-state index in [0.29, 0.717) is 17.9 Å². The zero-order chi connectivity index (χ0) is 15.6. The Kier molecular flexibility index (Phi) is 4.19. The molecule has 21 heavy (non-hydrogen) atoms. The Bertz CT molecular complexity index is 738. The number of rotatable bonds is 5. The van der Waals surface area contributed by atoms with Crippen LogP contribution < -0.4 is 11.1 Å². The molecule has 1 aromatic carbocycles. The largest absolute Gasteiger partial charge is 0.397 e. The predicted molar refractivity (Wildman–Crippen MR) is 80.3 cm³/mol. The summed E-state index contributed by atoms with van der Waals surface area (Å²) in [5.74, 6) is 0.729. The van der Waals surface area contributed by atoms with Crippen molar-refractivity contribution < 1.29 is 12.9 Å². The normalized spacial score (nSPS) is 11.8. The Morgan fingerprint density at radius 1 is 1.33 bits per heavy atom. The van der Waals surface area contributed by atoms with E-state index >= 15 is 0 Å². The molecule has 0 bridgehead atoms. The fraction of sp³-hybridized carbons (Fsp3) is 0.308. The highest BCUT2D eigenvalue weighted by molar-refractivity contribution is 7.89.